The minimum atomic E-state index is -1.77. The predicted octanol–water partition coefficient (Wildman–Crippen LogP) is 2.83. The number of hydrogen-bond donors (Lipinski definition) is 1. The van der Waals surface area contributed by atoms with Gasteiger partial charge in [-0.25, -0.2) is 4.79 Å². The number of pyridine rings is 1. The molecule has 1 aromatic carbocycles. The molecule has 1 N–H and O–H groups in total. The van der Waals surface area contributed by atoms with E-state index in [0.29, 0.717) is 5.52 Å². The Morgan fingerprint density at radius 2 is 1.77 bits per heavy atom. The molecule has 5 nitrogen and oxygen atoms in total. The third-order valence-corrected chi connectivity index (χ3v) is 3.06. The summed E-state index contributed by atoms with van der Waals surface area (Å²) in [5.74, 6) is -7.48. The summed E-state index contributed by atoms with van der Waals surface area (Å²) < 4.78 is 59.3. The molecule has 0 saturated carbocycles. The zero-order valence-corrected chi connectivity index (χ0v) is 11.0. The summed E-state index contributed by atoms with van der Waals surface area (Å²) in [6.07, 6.45) is 0. The molecule has 0 aliphatic carbocycles. The van der Waals surface area contributed by atoms with Crippen LogP contribution in [0.25, 0.3) is 11.1 Å². The average Bonchev–Trinajstić information content (AvgIpc) is 2.76. The number of anilines is 2. The second-order valence-electron chi connectivity index (χ2n) is 4.43. The predicted molar refractivity (Wildman–Crippen MR) is 68.8 cm³/mol. The summed E-state index contributed by atoms with van der Waals surface area (Å²) in [4.78, 5) is 13.8. The Morgan fingerprint density at radius 3 is 2.41 bits per heavy atom. The number of aromatic nitrogens is 2. The lowest BCUT2D eigenvalue weighted by molar-refractivity contribution is 0.411. The summed E-state index contributed by atoms with van der Waals surface area (Å²) >= 11 is 0. The number of oxazole rings is 1. The van der Waals surface area contributed by atoms with Crippen LogP contribution in [0.1, 0.15) is 0 Å². The summed E-state index contributed by atoms with van der Waals surface area (Å²) in [7, 11) is 1.48. The highest BCUT2D eigenvalue weighted by atomic mass is 19.2. The van der Waals surface area contributed by atoms with Crippen molar-refractivity contribution in [3.63, 3.8) is 0 Å². The molecule has 0 fully saturated rings. The molecule has 0 saturated heterocycles. The lowest BCUT2D eigenvalue weighted by atomic mass is 10.2. The van der Waals surface area contributed by atoms with Gasteiger partial charge < -0.3 is 9.73 Å². The first-order valence-electron chi connectivity index (χ1n) is 5.95. The van der Waals surface area contributed by atoms with Gasteiger partial charge in [-0.05, 0) is 12.1 Å². The van der Waals surface area contributed by atoms with Crippen molar-refractivity contribution in [2.24, 2.45) is 7.05 Å². The molecule has 9 heteroatoms. The standard InChI is InChI=1S/C13H7F4N3O2/c1-20-6-3-2-5(4-7(6)22-13(20)21)18-10-8(14)11(16)19-12(17)9(10)15/h2-4H,1H3,(H,18,19). The van der Waals surface area contributed by atoms with E-state index < -0.39 is 35.0 Å². The van der Waals surface area contributed by atoms with Gasteiger partial charge in [0.15, 0.2) is 5.58 Å². The molecule has 0 atom stereocenters. The molecule has 0 aliphatic heterocycles. The van der Waals surface area contributed by atoms with Crippen molar-refractivity contribution in [1.29, 1.82) is 0 Å². The molecule has 3 rings (SSSR count). The van der Waals surface area contributed by atoms with Crippen molar-refractivity contribution in [3.05, 3.63) is 52.3 Å². The van der Waals surface area contributed by atoms with Crippen LogP contribution in [-0.2, 0) is 7.05 Å². The molecule has 0 amide bonds. The molecule has 3 aromatic rings. The van der Waals surface area contributed by atoms with Gasteiger partial charge >= 0.3 is 5.76 Å². The Kier molecular flexibility index (Phi) is 3.12. The number of halogens is 4. The average molecular weight is 313 g/mol. The van der Waals surface area contributed by atoms with Crippen molar-refractivity contribution in [3.8, 4) is 0 Å². The highest BCUT2D eigenvalue weighted by Crippen LogP contribution is 2.27. The fraction of sp³-hybridized carbons (Fsp3) is 0.0769. The van der Waals surface area contributed by atoms with Gasteiger partial charge in [-0.2, -0.15) is 22.5 Å². The molecule has 0 unspecified atom stereocenters. The van der Waals surface area contributed by atoms with Crippen LogP contribution in [0.3, 0.4) is 0 Å². The van der Waals surface area contributed by atoms with Crippen LogP contribution < -0.4 is 11.1 Å². The van der Waals surface area contributed by atoms with E-state index in [1.54, 1.807) is 0 Å². The monoisotopic (exact) mass is 313 g/mol. The van der Waals surface area contributed by atoms with Crippen LogP contribution in [-0.4, -0.2) is 9.55 Å². The van der Waals surface area contributed by atoms with Crippen molar-refractivity contribution in [2.75, 3.05) is 5.32 Å². The first-order valence-corrected chi connectivity index (χ1v) is 5.95. The Morgan fingerprint density at radius 1 is 1.14 bits per heavy atom. The van der Waals surface area contributed by atoms with Gasteiger partial charge in [-0.15, -0.1) is 0 Å². The van der Waals surface area contributed by atoms with E-state index in [9.17, 15) is 22.4 Å². The second kappa shape index (κ2) is 4.86. The first-order chi connectivity index (χ1) is 10.4. The zero-order valence-electron chi connectivity index (χ0n) is 11.0. The van der Waals surface area contributed by atoms with E-state index in [1.807, 2.05) is 0 Å². The second-order valence-corrected chi connectivity index (χ2v) is 4.43. The third kappa shape index (κ3) is 2.10. The van der Waals surface area contributed by atoms with Gasteiger partial charge in [-0.1, -0.05) is 0 Å². The Bertz CT molecular complexity index is 922. The molecule has 0 radical (unpaired) electrons. The maximum Gasteiger partial charge on any atom is 0.419 e. The minimum absolute atomic E-state index is 0.0738. The van der Waals surface area contributed by atoms with Crippen LogP contribution >= 0.6 is 0 Å². The van der Waals surface area contributed by atoms with Gasteiger partial charge in [0.1, 0.15) is 5.69 Å². The van der Waals surface area contributed by atoms with E-state index >= 15 is 0 Å². The lowest BCUT2D eigenvalue weighted by Crippen LogP contribution is -2.08. The summed E-state index contributed by atoms with van der Waals surface area (Å²) in [6, 6.07) is 4.09. The molecule has 0 aliphatic rings. The summed E-state index contributed by atoms with van der Waals surface area (Å²) in [6.45, 7) is 0. The fourth-order valence-electron chi connectivity index (χ4n) is 1.95. The van der Waals surface area contributed by atoms with E-state index in [-0.39, 0.29) is 11.3 Å². The molecule has 2 heterocycles. The first kappa shape index (κ1) is 14.1. The largest absolute Gasteiger partial charge is 0.419 e. The number of rotatable bonds is 2. The Labute approximate surface area is 119 Å². The lowest BCUT2D eigenvalue weighted by Gasteiger charge is -2.09. The molecule has 114 valence electrons. The fourth-order valence-corrected chi connectivity index (χ4v) is 1.95. The smallest absolute Gasteiger partial charge is 0.408 e. The highest BCUT2D eigenvalue weighted by molar-refractivity contribution is 5.79. The van der Waals surface area contributed by atoms with Crippen LogP contribution in [0.2, 0.25) is 0 Å². The number of nitrogens with zero attached hydrogens (tertiary/aromatic N) is 2. The normalized spacial score (nSPS) is 11.1. The van der Waals surface area contributed by atoms with Crippen molar-refractivity contribution in [2.45, 2.75) is 0 Å². The van der Waals surface area contributed by atoms with Gasteiger partial charge in [0, 0.05) is 18.8 Å². The zero-order chi connectivity index (χ0) is 16.0. The van der Waals surface area contributed by atoms with Crippen LogP contribution in [0.5, 0.6) is 0 Å². The topological polar surface area (TPSA) is 60.1 Å². The number of benzene rings is 1. The number of aryl methyl sites for hydroxylation is 1. The van der Waals surface area contributed by atoms with Crippen LogP contribution in [0, 0.1) is 23.5 Å². The third-order valence-electron chi connectivity index (χ3n) is 3.06. The maximum absolute atomic E-state index is 13.5. The highest BCUT2D eigenvalue weighted by Gasteiger charge is 2.21. The molecule has 0 bridgehead atoms. The number of hydrogen-bond acceptors (Lipinski definition) is 4. The Balaban J connectivity index is 2.09. The SMILES string of the molecule is Cn1c(=O)oc2cc(Nc3c(F)c(F)nc(F)c3F)ccc21. The van der Waals surface area contributed by atoms with Crippen LogP contribution in [0.15, 0.2) is 27.4 Å². The van der Waals surface area contributed by atoms with Gasteiger partial charge in [0.2, 0.25) is 11.6 Å². The van der Waals surface area contributed by atoms with E-state index in [2.05, 4.69) is 10.3 Å². The van der Waals surface area contributed by atoms with Crippen molar-refractivity contribution < 1.29 is 22.0 Å². The van der Waals surface area contributed by atoms with E-state index in [0.717, 1.165) is 0 Å². The summed E-state index contributed by atoms with van der Waals surface area (Å²) in [5.41, 5.74) is -0.357. The van der Waals surface area contributed by atoms with E-state index in [1.165, 1.54) is 29.8 Å². The van der Waals surface area contributed by atoms with Gasteiger partial charge in [0.05, 0.1) is 5.52 Å². The molecular weight excluding hydrogens is 306 g/mol. The quantitative estimate of drug-likeness (QED) is 0.584. The minimum Gasteiger partial charge on any atom is -0.408 e. The van der Waals surface area contributed by atoms with Crippen molar-refractivity contribution >= 4 is 22.5 Å². The molecular formula is C13H7F4N3O2. The van der Waals surface area contributed by atoms with Gasteiger partial charge in [0.25, 0.3) is 11.9 Å². The molecule has 22 heavy (non-hydrogen) atoms. The van der Waals surface area contributed by atoms with Crippen molar-refractivity contribution in [1.82, 2.24) is 9.55 Å². The maximum atomic E-state index is 13.5. The van der Waals surface area contributed by atoms with Crippen LogP contribution in [0.4, 0.5) is 28.9 Å². The van der Waals surface area contributed by atoms with Gasteiger partial charge in [-0.3, -0.25) is 4.57 Å². The number of fused-ring (bicyclic) bond motifs is 1. The molecule has 2 aromatic heterocycles. The number of nitrogens with one attached hydrogen (secondary N) is 1. The molecule has 0 spiro atoms. The summed E-state index contributed by atoms with van der Waals surface area (Å²) in [5, 5.41) is 2.20. The van der Waals surface area contributed by atoms with E-state index in [4.69, 9.17) is 4.42 Å². The Hall–Kier alpha value is -2.84.